The Balaban J connectivity index is 2.70. The second-order valence-electron chi connectivity index (χ2n) is 12.5. The summed E-state index contributed by atoms with van der Waals surface area (Å²) >= 11 is 0. The molecular weight excluding hydrogens is 724 g/mol. The topological polar surface area (TPSA) is 253 Å². The molecule has 0 aromatic rings. The van der Waals surface area contributed by atoms with Crippen molar-refractivity contribution in [2.75, 3.05) is 19.8 Å². The predicted molar refractivity (Wildman–Crippen MR) is 177 cm³/mol. The lowest BCUT2D eigenvalue weighted by Crippen LogP contribution is -2.69. The van der Waals surface area contributed by atoms with Crippen LogP contribution in [-0.2, 0) is 85.7 Å². The molecule has 0 radical (unpaired) electrons. The molecule has 20 heteroatoms. The number of carbonyl (C=O) groups is 8. The van der Waals surface area contributed by atoms with Gasteiger partial charge in [-0.25, -0.2) is 0 Å². The van der Waals surface area contributed by atoms with Gasteiger partial charge in [-0.2, -0.15) is 0 Å². The Morgan fingerprint density at radius 2 is 1.09 bits per heavy atom. The van der Waals surface area contributed by atoms with Crippen LogP contribution in [0.3, 0.4) is 0 Å². The summed E-state index contributed by atoms with van der Waals surface area (Å²) in [5, 5.41) is 5.23. The van der Waals surface area contributed by atoms with Gasteiger partial charge in [0.15, 0.2) is 37.0 Å². The van der Waals surface area contributed by atoms with Crippen LogP contribution in [0.25, 0.3) is 0 Å². The van der Waals surface area contributed by atoms with E-state index in [0.717, 1.165) is 41.5 Å². The molecule has 0 aliphatic carbocycles. The minimum Gasteiger partial charge on any atom is -0.463 e. The summed E-state index contributed by atoms with van der Waals surface area (Å²) in [7, 11) is 0. The zero-order valence-corrected chi connectivity index (χ0v) is 31.5. The fourth-order valence-electron chi connectivity index (χ4n) is 5.50. The summed E-state index contributed by atoms with van der Waals surface area (Å²) < 4.78 is 57.1. The van der Waals surface area contributed by atoms with Gasteiger partial charge in [0.05, 0.1) is 6.61 Å². The van der Waals surface area contributed by atoms with E-state index in [1.54, 1.807) is 13.8 Å². The Morgan fingerprint density at radius 3 is 1.57 bits per heavy atom. The Morgan fingerprint density at radius 1 is 0.630 bits per heavy atom. The van der Waals surface area contributed by atoms with E-state index < -0.39 is 134 Å². The number of ether oxygens (including phenoxy) is 10. The summed E-state index contributed by atoms with van der Waals surface area (Å²) in [6.07, 6.45) is -8.77. The van der Waals surface area contributed by atoms with Crippen LogP contribution in [0.2, 0.25) is 0 Å². The minimum absolute atomic E-state index is 0.106. The summed E-state index contributed by atoms with van der Waals surface area (Å²) in [5.41, 5.74) is 0. The molecule has 2 aliphatic rings. The van der Waals surface area contributed by atoms with E-state index in [9.17, 15) is 38.4 Å². The molecule has 0 saturated carbocycles. The lowest BCUT2D eigenvalue weighted by Gasteiger charge is -2.49. The molecular formula is C34H48N2O18. The van der Waals surface area contributed by atoms with Crippen LogP contribution >= 0.6 is 0 Å². The third kappa shape index (κ3) is 14.2. The Kier molecular flexibility index (Phi) is 17.8. The normalized spacial score (nSPS) is 28.7. The van der Waals surface area contributed by atoms with Crippen LogP contribution in [-0.4, -0.2) is 135 Å². The van der Waals surface area contributed by atoms with E-state index in [4.69, 9.17) is 53.8 Å². The molecule has 0 bridgehead atoms. The quantitative estimate of drug-likeness (QED) is 0.108. The van der Waals surface area contributed by atoms with Gasteiger partial charge in [-0.1, -0.05) is 6.92 Å². The summed E-state index contributed by atoms with van der Waals surface area (Å²) in [6, 6.07) is -1.82. The molecule has 2 heterocycles. The van der Waals surface area contributed by atoms with E-state index in [1.807, 2.05) is 5.92 Å². The first-order chi connectivity index (χ1) is 25.2. The van der Waals surface area contributed by atoms with Crippen molar-refractivity contribution < 1.29 is 85.7 Å². The van der Waals surface area contributed by atoms with Crippen molar-refractivity contribution in [1.29, 1.82) is 0 Å². The summed E-state index contributed by atoms with van der Waals surface area (Å²) in [4.78, 5) is 97.6. The Labute approximate surface area is 311 Å². The molecule has 0 spiro atoms. The second-order valence-corrected chi connectivity index (χ2v) is 12.5. The molecule has 2 aliphatic heterocycles. The Hall–Kier alpha value is -4.84. The summed E-state index contributed by atoms with van der Waals surface area (Å²) in [6.45, 7) is 9.73. The molecule has 0 aromatic carbocycles. The number of rotatable bonds is 16. The summed E-state index contributed by atoms with van der Waals surface area (Å²) in [5.74, 6) is -4.78. The van der Waals surface area contributed by atoms with Gasteiger partial charge in [0.2, 0.25) is 5.91 Å². The van der Waals surface area contributed by atoms with Crippen LogP contribution < -0.4 is 10.6 Å². The molecule has 12 atom stereocenters. The molecule has 2 N–H and O–H groups in total. The highest BCUT2D eigenvalue weighted by atomic mass is 16.8. The van der Waals surface area contributed by atoms with Gasteiger partial charge in [0.25, 0.3) is 5.91 Å². The first kappa shape index (κ1) is 45.3. The van der Waals surface area contributed by atoms with Crippen LogP contribution in [0.1, 0.15) is 62.3 Å². The van der Waals surface area contributed by atoms with Gasteiger partial charge in [0.1, 0.15) is 37.6 Å². The molecule has 2 amide bonds. The third-order valence-corrected chi connectivity index (χ3v) is 7.88. The maximum atomic E-state index is 12.6. The lowest BCUT2D eigenvalue weighted by molar-refractivity contribution is -0.350. The van der Waals surface area contributed by atoms with E-state index in [1.165, 1.54) is 6.92 Å². The zero-order valence-electron chi connectivity index (χ0n) is 31.5. The van der Waals surface area contributed by atoms with Crippen molar-refractivity contribution >= 4 is 47.6 Å². The second kappa shape index (κ2) is 21.2. The maximum absolute atomic E-state index is 12.6. The van der Waals surface area contributed by atoms with Crippen molar-refractivity contribution in [1.82, 2.24) is 10.6 Å². The number of hydrogen-bond donors (Lipinski definition) is 2. The smallest absolute Gasteiger partial charge is 0.303 e. The lowest BCUT2D eigenvalue weighted by atomic mass is 9.94. The highest BCUT2D eigenvalue weighted by Gasteiger charge is 2.57. The van der Waals surface area contributed by atoms with Crippen molar-refractivity contribution in [2.45, 2.75) is 130 Å². The van der Waals surface area contributed by atoms with Gasteiger partial charge >= 0.3 is 35.8 Å². The first-order valence-electron chi connectivity index (χ1n) is 16.8. The average molecular weight is 773 g/mol. The first-order valence-corrected chi connectivity index (χ1v) is 16.8. The highest BCUT2D eigenvalue weighted by molar-refractivity contribution is 5.93. The highest BCUT2D eigenvalue weighted by Crippen LogP contribution is 2.35. The molecule has 0 aromatic heterocycles. The van der Waals surface area contributed by atoms with Gasteiger partial charge in [-0.15, -0.1) is 6.42 Å². The molecule has 302 valence electrons. The number of carbonyl (C=O) groups excluding carboxylic acids is 8. The number of terminal acetylenes is 1. The van der Waals surface area contributed by atoms with Crippen molar-refractivity contribution in [2.24, 2.45) is 5.92 Å². The number of amides is 2. The molecule has 8 unspecified atom stereocenters. The molecule has 2 rings (SSSR count). The van der Waals surface area contributed by atoms with Gasteiger partial charge in [0, 0.05) is 54.5 Å². The minimum atomic E-state index is -1.80. The third-order valence-electron chi connectivity index (χ3n) is 7.88. The van der Waals surface area contributed by atoms with E-state index in [2.05, 4.69) is 10.6 Å². The van der Waals surface area contributed by atoms with Crippen LogP contribution in [0, 0.1) is 18.3 Å². The SMILES string of the molecule is C#CC(=O)NC(C)C(C)CO[C@@H]1OC(COC(C)=O)[C@@H](O[C@@H]2OC(COC(C)=O)[C@H](OC(C)=O)C(OC(C)=O)C2OC(C)=O)C(OC(C)=O)C1NC(C)=O. The van der Waals surface area contributed by atoms with E-state index in [-0.39, 0.29) is 6.61 Å². The van der Waals surface area contributed by atoms with Crippen molar-refractivity contribution in [3.63, 3.8) is 0 Å². The van der Waals surface area contributed by atoms with E-state index in [0.29, 0.717) is 0 Å². The monoisotopic (exact) mass is 772 g/mol. The van der Waals surface area contributed by atoms with Gasteiger partial charge in [-0.3, -0.25) is 38.4 Å². The molecule has 54 heavy (non-hydrogen) atoms. The van der Waals surface area contributed by atoms with Crippen LogP contribution in [0.4, 0.5) is 0 Å². The number of nitrogens with one attached hydrogen (secondary N) is 2. The number of hydrogen-bond acceptors (Lipinski definition) is 18. The predicted octanol–water partition coefficient (Wildman–Crippen LogP) is -1.03. The Bertz CT molecular complexity index is 1430. The van der Waals surface area contributed by atoms with Gasteiger partial charge in [-0.05, 0) is 18.8 Å². The average Bonchev–Trinajstić information content (AvgIpc) is 3.05. The van der Waals surface area contributed by atoms with Crippen molar-refractivity contribution in [3.8, 4) is 12.3 Å². The van der Waals surface area contributed by atoms with Crippen LogP contribution in [0.5, 0.6) is 0 Å². The fourth-order valence-corrected chi connectivity index (χ4v) is 5.50. The van der Waals surface area contributed by atoms with Crippen molar-refractivity contribution in [3.05, 3.63) is 0 Å². The standard InChI is InChI=1S/C34H48N2O18/c1-11-26(44)35-16(3)15(2)12-47-33-27(36-17(4)37)30(49-21(8)41)28(24(52-33)13-45-18(5)38)54-34-32(51-23(10)43)31(50-22(9)42)29(48-20(7)40)25(53-34)14-46-19(6)39/h1,15-16,24-25,27-34H,12-14H2,2-10H3,(H,35,44)(H,36,37)/t15?,16?,24?,25?,27?,28-,29+,30?,31?,32?,33-,34+/m1/s1. The number of esters is 6. The van der Waals surface area contributed by atoms with Crippen LogP contribution in [0.15, 0.2) is 0 Å². The molecule has 2 fully saturated rings. The fraction of sp³-hybridized carbons (Fsp3) is 0.706. The largest absolute Gasteiger partial charge is 0.463 e. The van der Waals surface area contributed by atoms with E-state index >= 15 is 0 Å². The maximum Gasteiger partial charge on any atom is 0.303 e. The molecule has 20 nitrogen and oxygen atoms in total. The zero-order chi connectivity index (χ0) is 40.9. The molecule has 2 saturated heterocycles. The van der Waals surface area contributed by atoms with Gasteiger partial charge < -0.3 is 58.0 Å².